The van der Waals surface area contributed by atoms with Gasteiger partial charge in [0.25, 0.3) is 0 Å². The van der Waals surface area contributed by atoms with Crippen molar-refractivity contribution in [3.8, 4) is 22.8 Å². The first-order valence-corrected chi connectivity index (χ1v) is 11.9. The lowest BCUT2D eigenvalue weighted by molar-refractivity contribution is -0.137. The number of hydrogen-bond donors (Lipinski definition) is 2. The zero-order valence-electron chi connectivity index (χ0n) is 19.6. The molecule has 11 heteroatoms. The number of benzene rings is 1. The van der Waals surface area contributed by atoms with Gasteiger partial charge in [-0.05, 0) is 63.9 Å². The van der Waals surface area contributed by atoms with Crippen LogP contribution in [0.1, 0.15) is 43.4 Å². The van der Waals surface area contributed by atoms with Gasteiger partial charge < -0.3 is 15.2 Å². The number of piperidine rings is 1. The molecule has 0 spiro atoms. The molecule has 8 nitrogen and oxygen atoms in total. The van der Waals surface area contributed by atoms with Crippen LogP contribution in [0.4, 0.5) is 23.7 Å². The molecule has 5 rings (SSSR count). The Hall–Kier alpha value is -3.60. The average molecular weight is 502 g/mol. The topological polar surface area (TPSA) is 92.5 Å². The van der Waals surface area contributed by atoms with Crippen molar-refractivity contribution in [1.82, 2.24) is 20.1 Å². The largest absolute Gasteiger partial charge is 0.465 e. The van der Waals surface area contributed by atoms with Gasteiger partial charge in [-0.2, -0.15) is 18.3 Å². The van der Waals surface area contributed by atoms with Gasteiger partial charge in [-0.25, -0.2) is 9.78 Å². The molecular weight excluding hydrogens is 475 g/mol. The van der Waals surface area contributed by atoms with Crippen LogP contribution in [-0.4, -0.2) is 45.1 Å². The minimum atomic E-state index is -4.51. The molecule has 2 aliphatic heterocycles. The lowest BCUT2D eigenvalue weighted by atomic mass is 9.92. The highest BCUT2D eigenvalue weighted by Gasteiger charge is 2.33. The van der Waals surface area contributed by atoms with Crippen molar-refractivity contribution < 1.29 is 27.8 Å². The number of carbonyl (C=O) groups is 1. The van der Waals surface area contributed by atoms with Gasteiger partial charge in [0.05, 0.1) is 23.5 Å². The first kappa shape index (κ1) is 24.1. The van der Waals surface area contributed by atoms with E-state index in [2.05, 4.69) is 15.4 Å². The van der Waals surface area contributed by atoms with Crippen LogP contribution >= 0.6 is 0 Å². The fourth-order valence-corrected chi connectivity index (χ4v) is 4.90. The molecule has 1 amide bonds. The van der Waals surface area contributed by atoms with Crippen molar-refractivity contribution >= 4 is 11.8 Å². The van der Waals surface area contributed by atoms with Gasteiger partial charge in [0.2, 0.25) is 5.88 Å². The Balaban J connectivity index is 1.57. The fourth-order valence-electron chi connectivity index (χ4n) is 4.90. The third-order valence-corrected chi connectivity index (χ3v) is 6.82. The number of halogens is 3. The van der Waals surface area contributed by atoms with E-state index < -0.39 is 17.8 Å². The minimum Gasteiger partial charge on any atom is -0.465 e. The number of anilines is 1. The van der Waals surface area contributed by atoms with Crippen molar-refractivity contribution in [3.63, 3.8) is 0 Å². The number of fused-ring (bicyclic) bond motifs is 1. The number of hydrogen-bond acceptors (Lipinski definition) is 5. The summed E-state index contributed by atoms with van der Waals surface area (Å²) in [4.78, 5) is 17.2. The van der Waals surface area contributed by atoms with Gasteiger partial charge in [0.1, 0.15) is 5.75 Å². The molecular formula is C25H26F3N5O3. The van der Waals surface area contributed by atoms with Crippen LogP contribution in [0.3, 0.4) is 0 Å². The highest BCUT2D eigenvalue weighted by atomic mass is 19.4. The lowest BCUT2D eigenvalue weighted by Gasteiger charge is -2.34. The molecule has 0 bridgehead atoms. The summed E-state index contributed by atoms with van der Waals surface area (Å²) in [5, 5.41) is 17.7. The monoisotopic (exact) mass is 501 g/mol. The molecule has 1 fully saturated rings. The van der Waals surface area contributed by atoms with Crippen LogP contribution in [0, 0.1) is 0 Å². The lowest BCUT2D eigenvalue weighted by Crippen LogP contribution is -2.41. The highest BCUT2D eigenvalue weighted by molar-refractivity contribution is 5.91. The third kappa shape index (κ3) is 4.62. The van der Waals surface area contributed by atoms with Gasteiger partial charge in [0, 0.05) is 41.2 Å². The quantitative estimate of drug-likeness (QED) is 0.491. The summed E-state index contributed by atoms with van der Waals surface area (Å²) in [5.41, 5.74) is 1.75. The Bertz CT molecular complexity index is 1250. The summed E-state index contributed by atoms with van der Waals surface area (Å²) in [5.74, 6) is 0.367. The van der Waals surface area contributed by atoms with Gasteiger partial charge in [-0.3, -0.25) is 9.58 Å². The Kier molecular flexibility index (Phi) is 6.33. The normalized spacial score (nSPS) is 18.7. The SMILES string of the molecule is C[C@H]1CCc2c(ccc(-c3cnn(C4CCNCC4)c3)c2Oc2ccc(C(F)(F)F)cn2)N1C(=O)O. The average Bonchev–Trinajstić information content (AvgIpc) is 3.34. The fraction of sp³-hybridized carbons (Fsp3) is 0.400. The number of alkyl halides is 3. The Morgan fingerprint density at radius 2 is 1.92 bits per heavy atom. The molecule has 1 atom stereocenters. The molecule has 190 valence electrons. The molecule has 4 heterocycles. The van der Waals surface area contributed by atoms with Gasteiger partial charge in [-0.15, -0.1) is 0 Å². The molecule has 1 saturated heterocycles. The number of nitrogens with one attached hydrogen (secondary N) is 1. The molecule has 0 unspecified atom stereocenters. The second-order valence-corrected chi connectivity index (χ2v) is 9.16. The van der Waals surface area contributed by atoms with Crippen molar-refractivity contribution in [2.45, 2.75) is 50.9 Å². The predicted molar refractivity (Wildman–Crippen MR) is 126 cm³/mol. The molecule has 2 aliphatic rings. The molecule has 3 aromatic rings. The van der Waals surface area contributed by atoms with E-state index in [9.17, 15) is 23.1 Å². The maximum absolute atomic E-state index is 13.0. The van der Waals surface area contributed by atoms with Crippen LogP contribution < -0.4 is 15.0 Å². The molecule has 2 N–H and O–H groups in total. The predicted octanol–water partition coefficient (Wildman–Crippen LogP) is 5.50. The maximum Gasteiger partial charge on any atom is 0.417 e. The number of ether oxygens (including phenoxy) is 1. The molecule has 0 saturated carbocycles. The summed E-state index contributed by atoms with van der Waals surface area (Å²) >= 11 is 0. The van der Waals surface area contributed by atoms with Gasteiger partial charge in [-0.1, -0.05) is 0 Å². The number of aromatic nitrogens is 3. The first-order chi connectivity index (χ1) is 17.2. The van der Waals surface area contributed by atoms with E-state index in [1.807, 2.05) is 17.8 Å². The summed E-state index contributed by atoms with van der Waals surface area (Å²) < 4.78 is 47.1. The summed E-state index contributed by atoms with van der Waals surface area (Å²) in [6.07, 6.45) is 1.84. The summed E-state index contributed by atoms with van der Waals surface area (Å²) in [6, 6.07) is 5.66. The van der Waals surface area contributed by atoms with E-state index in [4.69, 9.17) is 4.74 Å². The van der Waals surface area contributed by atoms with E-state index in [0.29, 0.717) is 35.4 Å². The second kappa shape index (κ2) is 9.45. The number of amides is 1. The molecule has 1 aromatic carbocycles. The van der Waals surface area contributed by atoms with E-state index in [-0.39, 0.29) is 18.0 Å². The summed E-state index contributed by atoms with van der Waals surface area (Å²) in [7, 11) is 0. The highest BCUT2D eigenvalue weighted by Crippen LogP contribution is 2.45. The van der Waals surface area contributed by atoms with E-state index in [1.54, 1.807) is 18.3 Å². The van der Waals surface area contributed by atoms with Crippen LogP contribution in [0.15, 0.2) is 42.9 Å². The zero-order chi connectivity index (χ0) is 25.4. The molecule has 0 aliphatic carbocycles. The van der Waals surface area contributed by atoms with Crippen molar-refractivity contribution in [3.05, 3.63) is 54.0 Å². The van der Waals surface area contributed by atoms with Crippen molar-refractivity contribution in [1.29, 1.82) is 0 Å². The molecule has 2 aromatic heterocycles. The first-order valence-electron chi connectivity index (χ1n) is 11.9. The van der Waals surface area contributed by atoms with E-state index in [1.165, 1.54) is 11.0 Å². The third-order valence-electron chi connectivity index (χ3n) is 6.82. The van der Waals surface area contributed by atoms with E-state index >= 15 is 0 Å². The Labute approximate surface area is 205 Å². The molecule has 0 radical (unpaired) electrons. The second-order valence-electron chi connectivity index (χ2n) is 9.16. The Morgan fingerprint density at radius 3 is 2.58 bits per heavy atom. The van der Waals surface area contributed by atoms with Gasteiger partial charge in [0.15, 0.2) is 0 Å². The number of carboxylic acid groups (broad SMARTS) is 1. The van der Waals surface area contributed by atoms with Crippen molar-refractivity contribution in [2.24, 2.45) is 0 Å². The Morgan fingerprint density at radius 1 is 1.14 bits per heavy atom. The zero-order valence-corrected chi connectivity index (χ0v) is 19.6. The number of pyridine rings is 1. The number of nitrogens with zero attached hydrogens (tertiary/aromatic N) is 4. The van der Waals surface area contributed by atoms with Crippen LogP contribution in [0.5, 0.6) is 11.6 Å². The number of rotatable bonds is 4. The van der Waals surface area contributed by atoms with Gasteiger partial charge >= 0.3 is 12.3 Å². The van der Waals surface area contributed by atoms with E-state index in [0.717, 1.165) is 43.8 Å². The molecule has 36 heavy (non-hydrogen) atoms. The minimum absolute atomic E-state index is 0.0103. The van der Waals surface area contributed by atoms with Crippen LogP contribution in [0.2, 0.25) is 0 Å². The smallest absolute Gasteiger partial charge is 0.417 e. The summed E-state index contributed by atoms with van der Waals surface area (Å²) in [6.45, 7) is 3.66. The standard InChI is InChI=1S/C25H26F3N5O3/c1-15-2-4-20-21(33(15)24(34)35)6-5-19(16-12-31-32(14-16)18-8-10-29-11-9-18)23(20)36-22-7-3-17(13-30-22)25(26,27)28/h3,5-7,12-15,18,29H,2,4,8-11H2,1H3,(H,34,35)/t15-/m0/s1. The van der Waals surface area contributed by atoms with Crippen LogP contribution in [-0.2, 0) is 12.6 Å². The van der Waals surface area contributed by atoms with Crippen molar-refractivity contribution in [2.75, 3.05) is 18.0 Å². The van der Waals surface area contributed by atoms with Crippen LogP contribution in [0.25, 0.3) is 11.1 Å². The maximum atomic E-state index is 13.0.